The van der Waals surface area contributed by atoms with Crippen LogP contribution in [-0.2, 0) is 4.74 Å². The number of hydrogen-bond acceptors (Lipinski definition) is 6. The van der Waals surface area contributed by atoms with Crippen molar-refractivity contribution in [1.29, 1.82) is 0 Å². The number of benzene rings is 1. The van der Waals surface area contributed by atoms with E-state index in [4.69, 9.17) is 4.74 Å². The Labute approximate surface area is 178 Å². The number of likely N-dealkylation sites (tertiary alicyclic amines) is 1. The standard InChI is InChI=1S/C24H30N4O2/c1-16-11-23(25-19-7-4-10-28(13-19)20-14-30-15-20)26-27-24(16)21-9-8-18(12-22(21)29)17-5-2-3-6-17/h5,8-9,11-12,19-20,29H,2-4,6-7,10,13-15H2,1H3,(H,25,26)/t19-/m0/s1. The van der Waals surface area contributed by atoms with Gasteiger partial charge in [-0.3, -0.25) is 4.90 Å². The predicted molar refractivity (Wildman–Crippen MR) is 119 cm³/mol. The summed E-state index contributed by atoms with van der Waals surface area (Å²) in [7, 11) is 0. The van der Waals surface area contributed by atoms with E-state index in [1.54, 1.807) is 0 Å². The number of hydrogen-bond donors (Lipinski definition) is 2. The van der Waals surface area contributed by atoms with Crippen molar-refractivity contribution in [1.82, 2.24) is 15.1 Å². The first-order chi connectivity index (χ1) is 14.7. The lowest BCUT2D eigenvalue weighted by Crippen LogP contribution is -2.54. The number of allylic oxidation sites excluding steroid dienone is 2. The van der Waals surface area contributed by atoms with Gasteiger partial charge in [0.05, 0.1) is 24.9 Å². The van der Waals surface area contributed by atoms with E-state index in [0.717, 1.165) is 73.8 Å². The van der Waals surface area contributed by atoms with E-state index in [1.165, 1.54) is 18.4 Å². The highest BCUT2D eigenvalue weighted by Crippen LogP contribution is 2.35. The zero-order chi connectivity index (χ0) is 20.5. The Hall–Kier alpha value is -2.44. The van der Waals surface area contributed by atoms with Gasteiger partial charge in [0.25, 0.3) is 0 Å². The van der Waals surface area contributed by atoms with Crippen molar-refractivity contribution >= 4 is 11.4 Å². The van der Waals surface area contributed by atoms with Crippen LogP contribution in [-0.4, -0.2) is 58.6 Å². The van der Waals surface area contributed by atoms with E-state index in [9.17, 15) is 5.11 Å². The Bertz CT molecular complexity index is 954. The van der Waals surface area contributed by atoms with E-state index >= 15 is 0 Å². The smallest absolute Gasteiger partial charge is 0.149 e. The van der Waals surface area contributed by atoms with Crippen LogP contribution >= 0.6 is 0 Å². The van der Waals surface area contributed by atoms with Gasteiger partial charge in [-0.25, -0.2) is 0 Å². The maximum Gasteiger partial charge on any atom is 0.149 e. The number of phenols is 1. The fraction of sp³-hybridized carbons (Fsp3) is 0.500. The molecule has 2 fully saturated rings. The molecule has 1 aromatic heterocycles. The van der Waals surface area contributed by atoms with Crippen molar-refractivity contribution in [2.45, 2.75) is 51.1 Å². The average molecular weight is 407 g/mol. The number of ether oxygens (including phenoxy) is 1. The van der Waals surface area contributed by atoms with Crippen LogP contribution in [0.2, 0.25) is 0 Å². The summed E-state index contributed by atoms with van der Waals surface area (Å²) in [6.45, 7) is 5.93. The second-order valence-electron chi connectivity index (χ2n) is 8.78. The lowest BCUT2D eigenvalue weighted by molar-refractivity contribution is -0.0710. The lowest BCUT2D eigenvalue weighted by atomic mass is 9.99. The molecule has 0 unspecified atom stereocenters. The topological polar surface area (TPSA) is 70.5 Å². The molecular weight excluding hydrogens is 376 g/mol. The van der Waals surface area contributed by atoms with Crippen LogP contribution in [0.4, 0.5) is 5.82 Å². The summed E-state index contributed by atoms with van der Waals surface area (Å²) in [5.74, 6) is 1.07. The molecule has 3 heterocycles. The molecule has 0 radical (unpaired) electrons. The number of aromatic nitrogens is 2. The minimum absolute atomic E-state index is 0.268. The molecule has 6 heteroatoms. The van der Waals surface area contributed by atoms with Crippen LogP contribution < -0.4 is 5.32 Å². The number of aromatic hydroxyl groups is 1. The number of rotatable bonds is 5. The zero-order valence-corrected chi connectivity index (χ0v) is 17.6. The molecule has 0 amide bonds. The average Bonchev–Trinajstić information content (AvgIpc) is 3.22. The Balaban J connectivity index is 1.30. The van der Waals surface area contributed by atoms with E-state index in [1.807, 2.05) is 25.1 Å². The van der Waals surface area contributed by atoms with Gasteiger partial charge < -0.3 is 15.2 Å². The minimum Gasteiger partial charge on any atom is -0.507 e. The largest absolute Gasteiger partial charge is 0.507 e. The van der Waals surface area contributed by atoms with Gasteiger partial charge in [-0.05, 0) is 80.5 Å². The number of nitrogens with zero attached hydrogens (tertiary/aromatic N) is 3. The number of anilines is 1. The fourth-order valence-corrected chi connectivity index (χ4v) is 4.79. The van der Waals surface area contributed by atoms with Gasteiger partial charge in [0.2, 0.25) is 0 Å². The molecule has 2 aromatic rings. The summed E-state index contributed by atoms with van der Waals surface area (Å²) in [4.78, 5) is 2.53. The second-order valence-corrected chi connectivity index (χ2v) is 8.78. The molecule has 1 atom stereocenters. The van der Waals surface area contributed by atoms with Crippen LogP contribution in [0.15, 0.2) is 30.3 Å². The molecule has 6 nitrogen and oxygen atoms in total. The van der Waals surface area contributed by atoms with Crippen LogP contribution in [0.5, 0.6) is 5.75 Å². The molecule has 0 bridgehead atoms. The molecule has 30 heavy (non-hydrogen) atoms. The molecule has 1 aromatic carbocycles. The third-order valence-electron chi connectivity index (χ3n) is 6.59. The van der Waals surface area contributed by atoms with Crippen molar-refractivity contribution in [2.75, 3.05) is 31.6 Å². The molecule has 2 aliphatic heterocycles. The summed E-state index contributed by atoms with van der Waals surface area (Å²) in [5, 5.41) is 23.1. The number of nitrogens with one attached hydrogen (secondary N) is 1. The third-order valence-corrected chi connectivity index (χ3v) is 6.59. The maximum absolute atomic E-state index is 10.6. The molecule has 1 aliphatic carbocycles. The first-order valence-corrected chi connectivity index (χ1v) is 11.1. The summed E-state index contributed by atoms with van der Waals surface area (Å²) in [6.07, 6.45) is 8.02. The van der Waals surface area contributed by atoms with Gasteiger partial charge >= 0.3 is 0 Å². The van der Waals surface area contributed by atoms with E-state index in [2.05, 4.69) is 32.6 Å². The summed E-state index contributed by atoms with van der Waals surface area (Å²) >= 11 is 0. The summed E-state index contributed by atoms with van der Waals surface area (Å²) in [5.41, 5.74) is 4.92. The Morgan fingerprint density at radius 3 is 2.77 bits per heavy atom. The van der Waals surface area contributed by atoms with Crippen molar-refractivity contribution in [2.24, 2.45) is 0 Å². The Kier molecular flexibility index (Phi) is 5.44. The van der Waals surface area contributed by atoms with E-state index in [-0.39, 0.29) is 5.75 Å². The van der Waals surface area contributed by atoms with Crippen molar-refractivity contribution in [3.8, 4) is 17.0 Å². The number of aryl methyl sites for hydroxylation is 1. The zero-order valence-electron chi connectivity index (χ0n) is 17.6. The highest BCUT2D eigenvalue weighted by molar-refractivity contribution is 5.76. The molecule has 2 saturated heterocycles. The molecule has 0 spiro atoms. The van der Waals surface area contributed by atoms with Crippen molar-refractivity contribution in [3.63, 3.8) is 0 Å². The monoisotopic (exact) mass is 406 g/mol. The van der Waals surface area contributed by atoms with Gasteiger partial charge in [0.1, 0.15) is 11.6 Å². The molecule has 158 valence electrons. The van der Waals surface area contributed by atoms with Gasteiger partial charge in [-0.15, -0.1) is 10.2 Å². The van der Waals surface area contributed by atoms with Gasteiger partial charge in [0, 0.05) is 18.2 Å². The molecular formula is C24H30N4O2. The van der Waals surface area contributed by atoms with E-state index in [0.29, 0.717) is 12.1 Å². The van der Waals surface area contributed by atoms with Gasteiger partial charge in [-0.2, -0.15) is 0 Å². The first kappa shape index (κ1) is 19.5. The number of piperidine rings is 1. The van der Waals surface area contributed by atoms with Gasteiger partial charge in [0.15, 0.2) is 0 Å². The maximum atomic E-state index is 10.6. The van der Waals surface area contributed by atoms with Crippen LogP contribution in [0.25, 0.3) is 16.8 Å². The fourth-order valence-electron chi connectivity index (χ4n) is 4.79. The van der Waals surface area contributed by atoms with Crippen LogP contribution in [0.3, 0.4) is 0 Å². The highest BCUT2D eigenvalue weighted by atomic mass is 16.5. The van der Waals surface area contributed by atoms with Crippen molar-refractivity contribution in [3.05, 3.63) is 41.5 Å². The summed E-state index contributed by atoms with van der Waals surface area (Å²) < 4.78 is 5.35. The molecule has 0 saturated carbocycles. The normalized spacial score (nSPS) is 22.6. The predicted octanol–water partition coefficient (Wildman–Crippen LogP) is 4.00. The minimum atomic E-state index is 0.268. The van der Waals surface area contributed by atoms with Crippen molar-refractivity contribution < 1.29 is 9.84 Å². The summed E-state index contributed by atoms with van der Waals surface area (Å²) in [6, 6.07) is 8.91. The molecule has 5 rings (SSSR count). The second kappa shape index (κ2) is 8.36. The number of phenolic OH excluding ortho intramolecular Hbond substituents is 1. The van der Waals surface area contributed by atoms with E-state index < -0.39 is 0 Å². The third kappa shape index (κ3) is 3.94. The highest BCUT2D eigenvalue weighted by Gasteiger charge is 2.30. The first-order valence-electron chi connectivity index (χ1n) is 11.1. The molecule has 3 aliphatic rings. The molecule has 2 N–H and O–H groups in total. The Morgan fingerprint density at radius 1 is 1.17 bits per heavy atom. The quantitative estimate of drug-likeness (QED) is 0.782. The van der Waals surface area contributed by atoms with Crippen LogP contribution in [0, 0.1) is 6.92 Å². The SMILES string of the molecule is Cc1cc(N[C@H]2CCCN(C3COC3)C2)nnc1-c1ccc(C2=CCCC2)cc1O. The Morgan fingerprint density at radius 2 is 2.07 bits per heavy atom. The lowest BCUT2D eigenvalue weighted by Gasteiger charge is -2.42. The van der Waals surface area contributed by atoms with Gasteiger partial charge in [-0.1, -0.05) is 12.1 Å². The van der Waals surface area contributed by atoms with Crippen LogP contribution in [0.1, 0.15) is 43.2 Å².